The summed E-state index contributed by atoms with van der Waals surface area (Å²) in [7, 11) is 0. The number of hydrogen-bond donors (Lipinski definition) is 2. The molecule has 0 aromatic heterocycles. The molecule has 7 nitrogen and oxygen atoms in total. The maximum absolute atomic E-state index is 13.0. The first-order valence-corrected chi connectivity index (χ1v) is 10.8. The Kier molecular flexibility index (Phi) is 6.53. The van der Waals surface area contributed by atoms with E-state index in [0.29, 0.717) is 56.9 Å². The van der Waals surface area contributed by atoms with Gasteiger partial charge in [0.1, 0.15) is 18.3 Å². The molecule has 1 unspecified atom stereocenters. The van der Waals surface area contributed by atoms with Gasteiger partial charge in [-0.3, -0.25) is 4.79 Å². The van der Waals surface area contributed by atoms with Gasteiger partial charge in [0.2, 0.25) is 0 Å². The molecule has 1 aliphatic heterocycles. The van der Waals surface area contributed by atoms with E-state index in [-0.39, 0.29) is 0 Å². The minimum absolute atomic E-state index is 0.394. The average molecular weight is 424 g/mol. The van der Waals surface area contributed by atoms with Crippen LogP contribution >= 0.6 is 0 Å². The molecule has 1 heterocycles. The molecule has 0 radical (unpaired) electrons. The molecule has 4 rings (SSSR count). The van der Waals surface area contributed by atoms with Crippen LogP contribution in [0.25, 0.3) is 0 Å². The number of aliphatic hydroxyl groups is 1. The molecule has 1 amide bonds. The first kappa shape index (κ1) is 21.3. The number of ether oxygens (including phenoxy) is 2. The molecule has 0 bridgehead atoms. The number of nitrogens with one attached hydrogen (secondary N) is 1. The van der Waals surface area contributed by atoms with Gasteiger partial charge in [-0.1, -0.05) is 42.5 Å². The number of amides is 1. The number of carbonyl (C=O) groups is 2. The van der Waals surface area contributed by atoms with Gasteiger partial charge in [0.05, 0.1) is 5.60 Å². The van der Waals surface area contributed by atoms with E-state index in [0.717, 1.165) is 12.0 Å². The fourth-order valence-corrected chi connectivity index (χ4v) is 4.08. The van der Waals surface area contributed by atoms with E-state index in [9.17, 15) is 14.7 Å². The summed E-state index contributed by atoms with van der Waals surface area (Å²) >= 11 is 0. The Labute approximate surface area is 182 Å². The number of benzene rings is 2. The molecule has 2 aliphatic rings. The highest BCUT2D eigenvalue weighted by atomic mass is 16.6. The lowest BCUT2D eigenvalue weighted by Crippen LogP contribution is -2.50. The molecule has 1 saturated heterocycles. The molecule has 1 aliphatic carbocycles. The molecule has 1 atom stereocenters. The predicted molar refractivity (Wildman–Crippen MR) is 115 cm³/mol. The van der Waals surface area contributed by atoms with Crippen molar-refractivity contribution in [3.63, 3.8) is 0 Å². The molecule has 2 fully saturated rings. The Morgan fingerprint density at radius 3 is 2.48 bits per heavy atom. The van der Waals surface area contributed by atoms with Crippen LogP contribution in [-0.2, 0) is 16.1 Å². The highest BCUT2D eigenvalue weighted by Gasteiger charge is 2.48. The Balaban J connectivity index is 1.49. The minimum Gasteiger partial charge on any atom is -0.489 e. The fraction of sp³-hybridized carbons (Fsp3) is 0.417. The number of carbonyl (C=O) groups excluding carboxylic acids is 2. The quantitative estimate of drug-likeness (QED) is 0.548. The zero-order valence-corrected chi connectivity index (χ0v) is 17.5. The number of piperazine rings is 1. The average Bonchev–Trinajstić information content (AvgIpc) is 2.78. The third-order valence-corrected chi connectivity index (χ3v) is 6.00. The molecule has 31 heavy (non-hydrogen) atoms. The van der Waals surface area contributed by atoms with Crippen molar-refractivity contribution in [2.75, 3.05) is 26.2 Å². The molecule has 7 heteroatoms. The summed E-state index contributed by atoms with van der Waals surface area (Å²) in [5.41, 5.74) is 0.410. The summed E-state index contributed by atoms with van der Waals surface area (Å²) < 4.78 is 11.1. The summed E-state index contributed by atoms with van der Waals surface area (Å²) in [6, 6.07) is 16.9. The van der Waals surface area contributed by atoms with E-state index in [1.165, 1.54) is 4.90 Å². The SMILES string of the molecule is O=C(OC(=O)N1CCNCC1)C(c1cccc(OCc2ccccc2)c1)C1(O)CCC1. The highest BCUT2D eigenvalue weighted by molar-refractivity contribution is 5.90. The van der Waals surface area contributed by atoms with Crippen LogP contribution in [0.4, 0.5) is 4.79 Å². The zero-order valence-electron chi connectivity index (χ0n) is 17.5. The molecular weight excluding hydrogens is 396 g/mol. The van der Waals surface area contributed by atoms with Crippen molar-refractivity contribution in [3.8, 4) is 5.75 Å². The molecule has 0 spiro atoms. The van der Waals surface area contributed by atoms with E-state index in [1.54, 1.807) is 18.2 Å². The van der Waals surface area contributed by atoms with Gasteiger partial charge in [-0.05, 0) is 42.5 Å². The van der Waals surface area contributed by atoms with Crippen LogP contribution < -0.4 is 10.1 Å². The van der Waals surface area contributed by atoms with Crippen LogP contribution in [0.15, 0.2) is 54.6 Å². The summed E-state index contributed by atoms with van der Waals surface area (Å²) in [5, 5.41) is 14.2. The number of hydrogen-bond acceptors (Lipinski definition) is 6. The Morgan fingerprint density at radius 2 is 1.81 bits per heavy atom. The summed E-state index contributed by atoms with van der Waals surface area (Å²) in [5.74, 6) is -1.06. The third-order valence-electron chi connectivity index (χ3n) is 6.00. The van der Waals surface area contributed by atoms with E-state index < -0.39 is 23.6 Å². The van der Waals surface area contributed by atoms with Crippen molar-refractivity contribution >= 4 is 12.1 Å². The van der Waals surface area contributed by atoms with Gasteiger partial charge in [-0.25, -0.2) is 4.79 Å². The standard InChI is InChI=1S/C24H28N2O5/c27-22(31-23(28)26-14-12-25-13-15-26)21(24(29)10-5-11-24)19-8-4-9-20(16-19)30-17-18-6-2-1-3-7-18/h1-4,6-9,16,21,25,29H,5,10-15,17H2. The van der Waals surface area contributed by atoms with Crippen molar-refractivity contribution in [2.45, 2.75) is 37.4 Å². The van der Waals surface area contributed by atoms with Crippen molar-refractivity contribution < 1.29 is 24.2 Å². The Bertz CT molecular complexity index is 907. The van der Waals surface area contributed by atoms with E-state index >= 15 is 0 Å². The Hall–Kier alpha value is -2.90. The number of rotatable bonds is 6. The van der Waals surface area contributed by atoms with E-state index in [2.05, 4.69) is 5.32 Å². The third kappa shape index (κ3) is 5.06. The number of nitrogens with zero attached hydrogens (tertiary/aromatic N) is 1. The van der Waals surface area contributed by atoms with Crippen LogP contribution in [0.5, 0.6) is 5.75 Å². The Morgan fingerprint density at radius 1 is 1.06 bits per heavy atom. The minimum atomic E-state index is -1.21. The normalized spacial score (nSPS) is 18.5. The lowest BCUT2D eigenvalue weighted by atomic mass is 9.68. The second-order valence-corrected chi connectivity index (χ2v) is 8.16. The first-order valence-electron chi connectivity index (χ1n) is 10.8. The molecule has 2 aromatic rings. The van der Waals surface area contributed by atoms with Gasteiger partial charge < -0.3 is 24.8 Å². The van der Waals surface area contributed by atoms with Gasteiger partial charge >= 0.3 is 12.1 Å². The topological polar surface area (TPSA) is 88.1 Å². The van der Waals surface area contributed by atoms with Crippen LogP contribution in [-0.4, -0.2) is 53.8 Å². The highest BCUT2D eigenvalue weighted by Crippen LogP contribution is 2.44. The second kappa shape index (κ2) is 9.49. The van der Waals surface area contributed by atoms with Crippen molar-refractivity contribution in [1.29, 1.82) is 0 Å². The maximum Gasteiger partial charge on any atom is 0.417 e. The van der Waals surface area contributed by atoms with Crippen LogP contribution in [0.2, 0.25) is 0 Å². The van der Waals surface area contributed by atoms with E-state index in [4.69, 9.17) is 9.47 Å². The fourth-order valence-electron chi connectivity index (χ4n) is 4.08. The zero-order chi connectivity index (χ0) is 21.7. The van der Waals surface area contributed by atoms with Crippen LogP contribution in [0.1, 0.15) is 36.3 Å². The summed E-state index contributed by atoms with van der Waals surface area (Å²) in [4.78, 5) is 27.0. The molecular formula is C24H28N2O5. The lowest BCUT2D eigenvalue weighted by molar-refractivity contribution is -0.152. The largest absolute Gasteiger partial charge is 0.489 e. The molecule has 1 saturated carbocycles. The van der Waals surface area contributed by atoms with E-state index in [1.807, 2.05) is 36.4 Å². The van der Waals surface area contributed by atoms with Gasteiger partial charge in [-0.15, -0.1) is 0 Å². The number of esters is 1. The van der Waals surface area contributed by atoms with Gasteiger partial charge in [0.15, 0.2) is 0 Å². The maximum atomic E-state index is 13.0. The van der Waals surface area contributed by atoms with Crippen LogP contribution in [0.3, 0.4) is 0 Å². The summed E-state index contributed by atoms with van der Waals surface area (Å²) in [6.07, 6.45) is 1.15. The lowest BCUT2D eigenvalue weighted by Gasteiger charge is -2.42. The van der Waals surface area contributed by atoms with Crippen molar-refractivity contribution in [1.82, 2.24) is 10.2 Å². The molecule has 2 N–H and O–H groups in total. The van der Waals surface area contributed by atoms with Crippen LogP contribution in [0, 0.1) is 0 Å². The second-order valence-electron chi connectivity index (χ2n) is 8.16. The van der Waals surface area contributed by atoms with Gasteiger partial charge in [-0.2, -0.15) is 0 Å². The smallest absolute Gasteiger partial charge is 0.417 e. The predicted octanol–water partition coefficient (Wildman–Crippen LogP) is 2.83. The molecule has 164 valence electrons. The van der Waals surface area contributed by atoms with Gasteiger partial charge in [0.25, 0.3) is 0 Å². The van der Waals surface area contributed by atoms with Crippen molar-refractivity contribution in [3.05, 3.63) is 65.7 Å². The summed E-state index contributed by atoms with van der Waals surface area (Å²) in [6.45, 7) is 2.70. The van der Waals surface area contributed by atoms with Gasteiger partial charge in [0, 0.05) is 26.2 Å². The first-order chi connectivity index (χ1) is 15.0. The molecule has 2 aromatic carbocycles. The van der Waals surface area contributed by atoms with Crippen molar-refractivity contribution in [2.24, 2.45) is 0 Å². The monoisotopic (exact) mass is 424 g/mol.